The molecule has 0 bridgehead atoms. The van der Waals surface area contributed by atoms with Gasteiger partial charge in [-0.15, -0.1) is 0 Å². The van der Waals surface area contributed by atoms with Crippen molar-refractivity contribution in [1.82, 2.24) is 5.32 Å². The molecule has 5 nitrogen and oxygen atoms in total. The first-order valence-electron chi connectivity index (χ1n) is 8.93. The number of anilines is 2. The fraction of sp³-hybridized carbons (Fsp3) is 0.238. The van der Waals surface area contributed by atoms with Crippen molar-refractivity contribution >= 4 is 40.7 Å². The third-order valence-electron chi connectivity index (χ3n) is 4.52. The lowest BCUT2D eigenvalue weighted by molar-refractivity contribution is -0.113. The van der Waals surface area contributed by atoms with E-state index in [-0.39, 0.29) is 5.91 Å². The van der Waals surface area contributed by atoms with Crippen LogP contribution in [0.25, 0.3) is 6.08 Å². The molecule has 3 rings (SSSR count). The van der Waals surface area contributed by atoms with E-state index in [2.05, 4.69) is 36.2 Å². The van der Waals surface area contributed by atoms with E-state index >= 15 is 0 Å². The molecule has 0 saturated carbocycles. The van der Waals surface area contributed by atoms with Gasteiger partial charge in [-0.25, -0.2) is 0 Å². The van der Waals surface area contributed by atoms with Gasteiger partial charge in [0, 0.05) is 24.8 Å². The lowest BCUT2D eigenvalue weighted by Gasteiger charge is -2.20. The van der Waals surface area contributed by atoms with Gasteiger partial charge >= 0.3 is 0 Å². The van der Waals surface area contributed by atoms with E-state index in [9.17, 15) is 4.79 Å². The van der Waals surface area contributed by atoms with Crippen LogP contribution in [-0.2, 0) is 4.79 Å². The maximum Gasteiger partial charge on any atom is 0.281 e. The molecule has 1 heterocycles. The molecule has 0 unspecified atom stereocenters. The SMILES string of the molecule is CCN(CC)c1ccc(/C=C2\NC(=S)N(c3cccc(OC)c3)C2=O)cc1. The van der Waals surface area contributed by atoms with Gasteiger partial charge in [-0.3, -0.25) is 9.69 Å². The normalized spacial score (nSPS) is 15.2. The maximum atomic E-state index is 12.8. The monoisotopic (exact) mass is 381 g/mol. The van der Waals surface area contributed by atoms with E-state index in [1.807, 2.05) is 36.4 Å². The van der Waals surface area contributed by atoms with Crippen LogP contribution < -0.4 is 19.9 Å². The number of hydrogen-bond donors (Lipinski definition) is 1. The van der Waals surface area contributed by atoms with Gasteiger partial charge in [-0.2, -0.15) is 0 Å². The van der Waals surface area contributed by atoms with E-state index in [1.54, 1.807) is 13.2 Å². The zero-order valence-corrected chi connectivity index (χ0v) is 16.5. The molecule has 1 aliphatic rings. The van der Waals surface area contributed by atoms with Crippen LogP contribution in [0.1, 0.15) is 19.4 Å². The number of thiocarbonyl (C=S) groups is 1. The quantitative estimate of drug-likeness (QED) is 0.609. The standard InChI is InChI=1S/C21H23N3O2S/c1-4-23(5-2)16-11-9-15(10-12-16)13-19-20(25)24(21(27)22-19)17-7-6-8-18(14-17)26-3/h6-14H,4-5H2,1-3H3,(H,22,27)/b19-13-. The van der Waals surface area contributed by atoms with E-state index in [1.165, 1.54) is 10.6 Å². The Morgan fingerprint density at radius 1 is 1.15 bits per heavy atom. The van der Waals surface area contributed by atoms with Gasteiger partial charge in [-0.1, -0.05) is 18.2 Å². The zero-order valence-electron chi connectivity index (χ0n) is 15.7. The summed E-state index contributed by atoms with van der Waals surface area (Å²) in [6.45, 7) is 6.19. The highest BCUT2D eigenvalue weighted by Crippen LogP contribution is 2.26. The van der Waals surface area contributed by atoms with Crippen LogP contribution in [0, 0.1) is 0 Å². The number of carbonyl (C=O) groups excluding carboxylic acids is 1. The Kier molecular flexibility index (Phi) is 5.76. The van der Waals surface area contributed by atoms with Crippen molar-refractivity contribution in [2.45, 2.75) is 13.8 Å². The fourth-order valence-corrected chi connectivity index (χ4v) is 3.35. The molecule has 0 aliphatic carbocycles. The Bertz CT molecular complexity index is 873. The molecule has 0 aromatic heterocycles. The summed E-state index contributed by atoms with van der Waals surface area (Å²) in [5, 5.41) is 3.38. The first-order chi connectivity index (χ1) is 13.1. The predicted octanol–water partition coefficient (Wildman–Crippen LogP) is 3.80. The second-order valence-electron chi connectivity index (χ2n) is 6.09. The van der Waals surface area contributed by atoms with Gasteiger partial charge in [0.2, 0.25) is 0 Å². The van der Waals surface area contributed by atoms with Crippen molar-refractivity contribution in [1.29, 1.82) is 0 Å². The maximum absolute atomic E-state index is 12.8. The molecule has 2 aromatic rings. The van der Waals surface area contributed by atoms with Crippen LogP contribution in [0.2, 0.25) is 0 Å². The summed E-state index contributed by atoms with van der Waals surface area (Å²) in [7, 11) is 1.59. The molecule has 1 aliphatic heterocycles. The molecule has 1 N–H and O–H groups in total. The molecule has 27 heavy (non-hydrogen) atoms. The lowest BCUT2D eigenvalue weighted by atomic mass is 10.1. The zero-order chi connectivity index (χ0) is 19.4. The number of nitrogens with one attached hydrogen (secondary N) is 1. The average Bonchev–Trinajstić information content (AvgIpc) is 2.97. The molecule has 1 saturated heterocycles. The van der Waals surface area contributed by atoms with Crippen LogP contribution in [0.5, 0.6) is 5.75 Å². The first kappa shape index (κ1) is 18.9. The van der Waals surface area contributed by atoms with Crippen molar-refractivity contribution < 1.29 is 9.53 Å². The largest absolute Gasteiger partial charge is 0.497 e. The van der Waals surface area contributed by atoms with Crippen LogP contribution in [0.4, 0.5) is 11.4 Å². The summed E-state index contributed by atoms with van der Waals surface area (Å²) >= 11 is 5.36. The Balaban J connectivity index is 1.83. The van der Waals surface area contributed by atoms with Crippen molar-refractivity contribution in [2.75, 3.05) is 30.0 Å². The topological polar surface area (TPSA) is 44.8 Å². The number of rotatable bonds is 6. The minimum absolute atomic E-state index is 0.180. The van der Waals surface area contributed by atoms with Crippen molar-refractivity contribution in [3.8, 4) is 5.75 Å². The molecule has 1 fully saturated rings. The number of hydrogen-bond acceptors (Lipinski definition) is 4. The van der Waals surface area contributed by atoms with E-state index in [4.69, 9.17) is 17.0 Å². The minimum atomic E-state index is -0.180. The smallest absolute Gasteiger partial charge is 0.281 e. The van der Waals surface area contributed by atoms with Crippen molar-refractivity contribution in [3.05, 3.63) is 59.8 Å². The van der Waals surface area contributed by atoms with Crippen LogP contribution in [0.15, 0.2) is 54.2 Å². The van der Waals surface area contributed by atoms with Crippen LogP contribution in [0.3, 0.4) is 0 Å². The molecule has 140 valence electrons. The van der Waals surface area contributed by atoms with Gasteiger partial charge in [0.1, 0.15) is 11.4 Å². The molecule has 2 aromatic carbocycles. The summed E-state index contributed by atoms with van der Waals surface area (Å²) in [4.78, 5) is 16.6. The van der Waals surface area contributed by atoms with Crippen molar-refractivity contribution in [2.24, 2.45) is 0 Å². The van der Waals surface area contributed by atoms with E-state index < -0.39 is 0 Å². The van der Waals surface area contributed by atoms with Gasteiger partial charge in [0.15, 0.2) is 5.11 Å². The minimum Gasteiger partial charge on any atom is -0.497 e. The van der Waals surface area contributed by atoms with Gasteiger partial charge in [0.25, 0.3) is 5.91 Å². The summed E-state index contributed by atoms with van der Waals surface area (Å²) in [6.07, 6.45) is 1.82. The highest BCUT2D eigenvalue weighted by molar-refractivity contribution is 7.80. The Hall–Kier alpha value is -2.86. The highest BCUT2D eigenvalue weighted by atomic mass is 32.1. The van der Waals surface area contributed by atoms with Gasteiger partial charge in [0.05, 0.1) is 12.8 Å². The van der Waals surface area contributed by atoms with E-state index in [0.29, 0.717) is 22.2 Å². The lowest BCUT2D eigenvalue weighted by Crippen LogP contribution is -2.30. The third kappa shape index (κ3) is 3.95. The Labute approximate surface area is 165 Å². The molecule has 0 spiro atoms. The van der Waals surface area contributed by atoms with Crippen molar-refractivity contribution in [3.63, 3.8) is 0 Å². The van der Waals surface area contributed by atoms with Crippen LogP contribution >= 0.6 is 12.2 Å². The summed E-state index contributed by atoms with van der Waals surface area (Å²) in [6, 6.07) is 15.4. The highest BCUT2D eigenvalue weighted by Gasteiger charge is 2.32. The van der Waals surface area contributed by atoms with Crippen LogP contribution in [-0.4, -0.2) is 31.2 Å². The number of ether oxygens (including phenoxy) is 1. The fourth-order valence-electron chi connectivity index (χ4n) is 3.06. The average molecular weight is 382 g/mol. The van der Waals surface area contributed by atoms with Gasteiger partial charge in [-0.05, 0) is 62.0 Å². The summed E-state index contributed by atoms with van der Waals surface area (Å²) in [5.74, 6) is 0.494. The first-order valence-corrected chi connectivity index (χ1v) is 9.34. The molecule has 0 radical (unpaired) electrons. The second-order valence-corrected chi connectivity index (χ2v) is 6.48. The van der Waals surface area contributed by atoms with Gasteiger partial charge < -0.3 is 15.0 Å². The second kappa shape index (κ2) is 8.22. The number of nitrogens with zero attached hydrogens (tertiary/aromatic N) is 2. The predicted molar refractivity (Wildman–Crippen MR) is 114 cm³/mol. The molecule has 1 amide bonds. The number of amides is 1. The number of benzene rings is 2. The Morgan fingerprint density at radius 2 is 1.85 bits per heavy atom. The molecule has 6 heteroatoms. The number of methoxy groups -OCH3 is 1. The summed E-state index contributed by atoms with van der Waals surface area (Å²) in [5.41, 5.74) is 3.24. The number of carbonyl (C=O) groups is 1. The third-order valence-corrected chi connectivity index (χ3v) is 4.81. The molecular weight excluding hydrogens is 358 g/mol. The molecule has 0 atom stereocenters. The summed E-state index contributed by atoms with van der Waals surface area (Å²) < 4.78 is 5.24. The molecular formula is C21H23N3O2S. The van der Waals surface area contributed by atoms with E-state index in [0.717, 1.165) is 18.7 Å². The Morgan fingerprint density at radius 3 is 2.48 bits per heavy atom.